The lowest BCUT2D eigenvalue weighted by atomic mass is 10.2. The van der Waals surface area contributed by atoms with Gasteiger partial charge in [0.25, 0.3) is 17.4 Å². The van der Waals surface area contributed by atoms with Gasteiger partial charge in [-0.1, -0.05) is 39.5 Å². The van der Waals surface area contributed by atoms with Gasteiger partial charge in [0, 0.05) is 18.2 Å². The molecule has 0 atom stereocenters. The maximum atomic E-state index is 12.2. The molecule has 1 aromatic heterocycles. The average Bonchev–Trinajstić information content (AvgIpc) is 2.77. The van der Waals surface area contributed by atoms with E-state index in [0.29, 0.717) is 24.5 Å². The molecule has 0 fully saturated rings. The Bertz CT molecular complexity index is 877. The Morgan fingerprint density at radius 2 is 1.60 bits per heavy atom. The highest BCUT2D eigenvalue weighted by atomic mass is 16.5. The Kier molecular flexibility index (Phi) is 9.57. The van der Waals surface area contributed by atoms with Crippen molar-refractivity contribution in [2.24, 2.45) is 0 Å². The molecule has 0 unspecified atom stereocenters. The van der Waals surface area contributed by atoms with Crippen LogP contribution in [0.25, 0.3) is 0 Å². The predicted octanol–water partition coefficient (Wildman–Crippen LogP) is 3.08. The van der Waals surface area contributed by atoms with Crippen molar-refractivity contribution >= 4 is 11.8 Å². The number of aryl methyl sites for hydroxylation is 1. The predicted molar refractivity (Wildman–Crippen MR) is 114 cm³/mol. The van der Waals surface area contributed by atoms with Crippen molar-refractivity contribution in [3.8, 4) is 5.75 Å². The molecule has 0 radical (unpaired) electrons. The first-order valence-corrected chi connectivity index (χ1v) is 10.5. The molecule has 0 aliphatic heterocycles. The number of benzene rings is 1. The van der Waals surface area contributed by atoms with E-state index in [4.69, 9.17) is 4.74 Å². The number of aromatic nitrogens is 2. The molecule has 8 heteroatoms. The maximum Gasteiger partial charge on any atom is 0.290 e. The molecule has 1 heterocycles. The second-order valence-corrected chi connectivity index (χ2v) is 6.98. The number of ether oxygens (including phenoxy) is 1. The molecule has 0 aliphatic carbocycles. The van der Waals surface area contributed by atoms with Gasteiger partial charge in [-0.2, -0.15) is 5.10 Å². The minimum absolute atomic E-state index is 0.0535. The number of rotatable bonds is 11. The van der Waals surface area contributed by atoms with Gasteiger partial charge in [0.2, 0.25) is 0 Å². The van der Waals surface area contributed by atoms with E-state index in [2.05, 4.69) is 22.9 Å². The molecule has 30 heavy (non-hydrogen) atoms. The number of nitrogens with one attached hydrogen (secondary N) is 2. The number of hydrogen-bond acceptors (Lipinski definition) is 5. The summed E-state index contributed by atoms with van der Waals surface area (Å²) < 4.78 is 6.91. The van der Waals surface area contributed by atoms with Gasteiger partial charge in [-0.15, -0.1) is 0 Å². The summed E-state index contributed by atoms with van der Waals surface area (Å²) in [6.07, 6.45) is 6.21. The van der Waals surface area contributed by atoms with Crippen LogP contribution in [0.4, 0.5) is 0 Å². The van der Waals surface area contributed by atoms with Gasteiger partial charge in [-0.05, 0) is 43.2 Å². The molecule has 1 aromatic carbocycles. The minimum atomic E-state index is -0.597. The lowest BCUT2D eigenvalue weighted by Gasteiger charge is -2.09. The Balaban J connectivity index is 1.85. The first-order valence-electron chi connectivity index (χ1n) is 10.5. The van der Waals surface area contributed by atoms with Gasteiger partial charge < -0.3 is 4.74 Å². The number of carbonyl (C=O) groups is 2. The van der Waals surface area contributed by atoms with Crippen molar-refractivity contribution < 1.29 is 14.3 Å². The van der Waals surface area contributed by atoms with E-state index in [9.17, 15) is 14.4 Å². The number of unbranched alkanes of at least 4 members (excludes halogenated alkanes) is 4. The van der Waals surface area contributed by atoms with Gasteiger partial charge in [0.05, 0.1) is 6.61 Å². The Hall–Kier alpha value is -3.16. The average molecular weight is 415 g/mol. The molecule has 0 spiro atoms. The van der Waals surface area contributed by atoms with E-state index >= 15 is 0 Å². The second-order valence-electron chi connectivity index (χ2n) is 6.98. The molecule has 0 saturated heterocycles. The van der Waals surface area contributed by atoms with E-state index in [0.717, 1.165) is 25.7 Å². The van der Waals surface area contributed by atoms with Crippen molar-refractivity contribution in [3.05, 3.63) is 58.0 Å². The first kappa shape index (κ1) is 23.1. The highest BCUT2D eigenvalue weighted by Gasteiger charge is 2.12. The maximum absolute atomic E-state index is 12.2. The molecular formula is C22H30N4O4. The normalized spacial score (nSPS) is 10.5. The number of hydrazine groups is 1. The van der Waals surface area contributed by atoms with Crippen LogP contribution in [0.15, 0.2) is 41.2 Å². The van der Waals surface area contributed by atoms with Crippen LogP contribution < -0.4 is 21.1 Å². The summed E-state index contributed by atoms with van der Waals surface area (Å²) in [6.45, 7) is 5.25. The van der Waals surface area contributed by atoms with Gasteiger partial charge in [-0.3, -0.25) is 25.2 Å². The zero-order valence-electron chi connectivity index (χ0n) is 17.6. The third-order valence-electron chi connectivity index (χ3n) is 4.50. The van der Waals surface area contributed by atoms with Crippen LogP contribution in [-0.4, -0.2) is 28.2 Å². The number of hydrogen-bond donors (Lipinski definition) is 2. The molecular weight excluding hydrogens is 384 g/mol. The van der Waals surface area contributed by atoms with Crippen LogP contribution in [-0.2, 0) is 6.54 Å². The van der Waals surface area contributed by atoms with Crippen molar-refractivity contribution in [3.63, 3.8) is 0 Å². The molecule has 0 aliphatic rings. The number of nitrogens with zero attached hydrogens (tertiary/aromatic N) is 2. The first-order chi connectivity index (χ1) is 14.5. The second kappa shape index (κ2) is 12.4. The van der Waals surface area contributed by atoms with Crippen LogP contribution in [0.3, 0.4) is 0 Å². The Morgan fingerprint density at radius 1 is 0.900 bits per heavy atom. The smallest absolute Gasteiger partial charge is 0.290 e. The summed E-state index contributed by atoms with van der Waals surface area (Å²) in [7, 11) is 0. The molecule has 0 bridgehead atoms. The molecule has 8 nitrogen and oxygen atoms in total. The molecule has 2 N–H and O–H groups in total. The third-order valence-corrected chi connectivity index (χ3v) is 4.50. The largest absolute Gasteiger partial charge is 0.494 e. The van der Waals surface area contributed by atoms with E-state index in [1.165, 1.54) is 29.7 Å². The van der Waals surface area contributed by atoms with Crippen LogP contribution in [0, 0.1) is 0 Å². The van der Waals surface area contributed by atoms with Crippen molar-refractivity contribution in [2.45, 2.75) is 58.9 Å². The third kappa shape index (κ3) is 7.35. The lowest BCUT2D eigenvalue weighted by molar-refractivity contribution is 0.0842. The van der Waals surface area contributed by atoms with Crippen LogP contribution in [0.2, 0.25) is 0 Å². The zero-order chi connectivity index (χ0) is 21.8. The van der Waals surface area contributed by atoms with Gasteiger partial charge >= 0.3 is 0 Å². The fraction of sp³-hybridized carbons (Fsp3) is 0.455. The summed E-state index contributed by atoms with van der Waals surface area (Å²) in [5, 5.41) is 4.04. The topological polar surface area (TPSA) is 102 Å². The highest BCUT2D eigenvalue weighted by molar-refractivity contribution is 5.98. The quantitative estimate of drug-likeness (QED) is 0.435. The minimum Gasteiger partial charge on any atom is -0.494 e. The van der Waals surface area contributed by atoms with E-state index in [1.54, 1.807) is 24.3 Å². The standard InChI is InChI=1S/C22H30N4O4/c1-3-5-7-8-16-30-18-11-9-17(10-12-18)21(28)23-24-22(29)19-13-14-20(27)26(25-19)15-6-4-2/h9-14H,3-8,15-16H2,1-2H3,(H,23,28)(H,24,29). The molecule has 2 aromatic rings. The highest BCUT2D eigenvalue weighted by Crippen LogP contribution is 2.13. The lowest BCUT2D eigenvalue weighted by Crippen LogP contribution is -2.42. The SMILES string of the molecule is CCCCCCOc1ccc(C(=O)NNC(=O)c2ccc(=O)n(CCCC)n2)cc1. The fourth-order valence-electron chi connectivity index (χ4n) is 2.71. The molecule has 162 valence electrons. The van der Waals surface area contributed by atoms with E-state index < -0.39 is 11.8 Å². The molecule has 2 rings (SSSR count). The summed E-state index contributed by atoms with van der Waals surface area (Å²) in [4.78, 5) is 36.3. The summed E-state index contributed by atoms with van der Waals surface area (Å²) in [5.41, 5.74) is 4.84. The Labute approximate surface area is 176 Å². The van der Waals surface area contributed by atoms with Crippen LogP contribution in [0.5, 0.6) is 5.75 Å². The summed E-state index contributed by atoms with van der Waals surface area (Å²) >= 11 is 0. The van der Waals surface area contributed by atoms with Crippen LogP contribution >= 0.6 is 0 Å². The zero-order valence-corrected chi connectivity index (χ0v) is 17.6. The fourth-order valence-corrected chi connectivity index (χ4v) is 2.71. The Morgan fingerprint density at radius 3 is 2.30 bits per heavy atom. The molecule has 2 amide bonds. The van der Waals surface area contributed by atoms with Gasteiger partial charge in [0.1, 0.15) is 5.75 Å². The monoisotopic (exact) mass is 414 g/mol. The van der Waals surface area contributed by atoms with E-state index in [-0.39, 0.29) is 11.3 Å². The van der Waals surface area contributed by atoms with Gasteiger partial charge in [0.15, 0.2) is 5.69 Å². The van der Waals surface area contributed by atoms with Gasteiger partial charge in [-0.25, -0.2) is 4.68 Å². The van der Waals surface area contributed by atoms with E-state index in [1.807, 2.05) is 6.92 Å². The van der Waals surface area contributed by atoms with Crippen molar-refractivity contribution in [1.82, 2.24) is 20.6 Å². The van der Waals surface area contributed by atoms with Crippen molar-refractivity contribution in [1.29, 1.82) is 0 Å². The number of amides is 2. The van der Waals surface area contributed by atoms with Crippen molar-refractivity contribution in [2.75, 3.05) is 6.61 Å². The van der Waals surface area contributed by atoms with Crippen LogP contribution in [0.1, 0.15) is 73.2 Å². The summed E-state index contributed by atoms with van der Waals surface area (Å²) in [5.74, 6) is -0.358. The number of carbonyl (C=O) groups excluding carboxylic acids is 2. The summed E-state index contributed by atoms with van der Waals surface area (Å²) in [6, 6.07) is 9.33. The molecule has 0 saturated carbocycles.